The third-order valence-corrected chi connectivity index (χ3v) is 4.62. The van der Waals surface area contributed by atoms with Crippen LogP contribution >= 0.6 is 0 Å². The van der Waals surface area contributed by atoms with Crippen molar-refractivity contribution in [3.63, 3.8) is 0 Å². The molecule has 0 saturated carbocycles. The maximum absolute atomic E-state index is 12.9. The largest absolute Gasteiger partial charge is 0.493 e. The first-order valence-electron chi connectivity index (χ1n) is 8.51. The van der Waals surface area contributed by atoms with Gasteiger partial charge in [-0.15, -0.1) is 0 Å². The molecule has 1 aromatic carbocycles. The average Bonchev–Trinajstić information content (AvgIpc) is 2.98. The number of aromatic nitrogens is 3. The van der Waals surface area contributed by atoms with Crippen molar-refractivity contribution in [1.29, 1.82) is 0 Å². The fourth-order valence-corrected chi connectivity index (χ4v) is 3.31. The molecule has 8 heteroatoms. The summed E-state index contributed by atoms with van der Waals surface area (Å²) in [5.41, 5.74) is 1.44. The molecule has 1 aliphatic rings. The zero-order valence-electron chi connectivity index (χ0n) is 14.3. The van der Waals surface area contributed by atoms with Crippen LogP contribution in [0.15, 0.2) is 48.7 Å². The minimum atomic E-state index is -4.35. The topological polar surface area (TPSA) is 54.2 Å². The summed E-state index contributed by atoms with van der Waals surface area (Å²) in [7, 11) is 0. The molecule has 3 heterocycles. The van der Waals surface area contributed by atoms with Crippen LogP contribution in [-0.2, 0) is 25.7 Å². The molecule has 2 aromatic heterocycles. The van der Waals surface area contributed by atoms with Crippen molar-refractivity contribution in [3.8, 4) is 11.7 Å². The smallest absolute Gasteiger partial charge is 0.416 e. The number of fused-ring (bicyclic) bond motifs is 1. The van der Waals surface area contributed by atoms with Gasteiger partial charge in [-0.05, 0) is 30.2 Å². The van der Waals surface area contributed by atoms with Crippen LogP contribution in [0.25, 0.3) is 5.82 Å². The van der Waals surface area contributed by atoms with Gasteiger partial charge in [0, 0.05) is 31.4 Å². The molecule has 4 rings (SSSR count). The second-order valence-electron chi connectivity index (χ2n) is 6.51. The Morgan fingerprint density at radius 3 is 2.70 bits per heavy atom. The quantitative estimate of drug-likeness (QED) is 0.762. The molecule has 0 atom stereocenters. The lowest BCUT2D eigenvalue weighted by atomic mass is 10.1. The minimum absolute atomic E-state index is 0.0717. The van der Waals surface area contributed by atoms with E-state index in [-0.39, 0.29) is 5.88 Å². The van der Waals surface area contributed by atoms with Gasteiger partial charge in [0.15, 0.2) is 5.82 Å². The van der Waals surface area contributed by atoms with Gasteiger partial charge in [0.1, 0.15) is 0 Å². The van der Waals surface area contributed by atoms with Crippen LogP contribution in [0.5, 0.6) is 5.88 Å². The van der Waals surface area contributed by atoms with Gasteiger partial charge in [-0.2, -0.15) is 23.0 Å². The number of hydrogen-bond donors (Lipinski definition) is 1. The van der Waals surface area contributed by atoms with Crippen LogP contribution in [0.1, 0.15) is 22.4 Å². The van der Waals surface area contributed by atoms with Crippen molar-refractivity contribution in [2.45, 2.75) is 25.7 Å². The molecule has 140 valence electrons. The molecule has 0 unspecified atom stereocenters. The molecular formula is C19H17F3N4O. The van der Waals surface area contributed by atoms with Crippen LogP contribution in [0.3, 0.4) is 0 Å². The third kappa shape index (κ3) is 3.52. The number of halogens is 3. The molecule has 1 aliphatic heterocycles. The second-order valence-corrected chi connectivity index (χ2v) is 6.51. The van der Waals surface area contributed by atoms with E-state index in [2.05, 4.69) is 10.1 Å². The number of hydrogen-bond acceptors (Lipinski definition) is 4. The molecule has 0 fully saturated rings. The van der Waals surface area contributed by atoms with Gasteiger partial charge in [-0.1, -0.05) is 24.3 Å². The Hall–Kier alpha value is -2.87. The molecule has 5 nitrogen and oxygen atoms in total. The first kappa shape index (κ1) is 17.5. The monoisotopic (exact) mass is 374 g/mol. The van der Waals surface area contributed by atoms with Gasteiger partial charge in [-0.25, -0.2) is 4.98 Å². The number of pyridine rings is 1. The summed E-state index contributed by atoms with van der Waals surface area (Å²) in [6, 6.07) is 10.7. The van der Waals surface area contributed by atoms with Crippen molar-refractivity contribution in [1.82, 2.24) is 19.7 Å². The summed E-state index contributed by atoms with van der Waals surface area (Å²) in [5.74, 6) is 0.594. The van der Waals surface area contributed by atoms with Gasteiger partial charge < -0.3 is 5.11 Å². The first-order chi connectivity index (χ1) is 12.9. The molecule has 0 spiro atoms. The Morgan fingerprint density at radius 1 is 1.11 bits per heavy atom. The summed E-state index contributed by atoms with van der Waals surface area (Å²) in [5, 5.41) is 14.9. The molecule has 3 aromatic rings. The number of benzene rings is 1. The Labute approximate surface area is 153 Å². The number of aromatic hydroxyl groups is 1. The molecule has 27 heavy (non-hydrogen) atoms. The van der Waals surface area contributed by atoms with Crippen molar-refractivity contribution in [2.75, 3.05) is 6.54 Å². The zero-order chi connectivity index (χ0) is 19.0. The van der Waals surface area contributed by atoms with Gasteiger partial charge in [0.2, 0.25) is 5.88 Å². The van der Waals surface area contributed by atoms with E-state index in [1.165, 1.54) is 16.8 Å². The molecular weight excluding hydrogens is 357 g/mol. The second kappa shape index (κ2) is 6.70. The summed E-state index contributed by atoms with van der Waals surface area (Å²) in [4.78, 5) is 6.21. The molecule has 0 amide bonds. The van der Waals surface area contributed by atoms with Crippen molar-refractivity contribution < 1.29 is 18.3 Å². The van der Waals surface area contributed by atoms with Crippen molar-refractivity contribution in [3.05, 3.63) is 71.0 Å². The highest BCUT2D eigenvalue weighted by atomic mass is 19.4. The van der Waals surface area contributed by atoms with E-state index in [0.29, 0.717) is 37.4 Å². The zero-order valence-corrected chi connectivity index (χ0v) is 14.3. The van der Waals surface area contributed by atoms with Gasteiger partial charge >= 0.3 is 6.18 Å². The van der Waals surface area contributed by atoms with Crippen LogP contribution in [0.4, 0.5) is 13.2 Å². The van der Waals surface area contributed by atoms with Gasteiger partial charge in [0.25, 0.3) is 0 Å². The van der Waals surface area contributed by atoms with Crippen molar-refractivity contribution in [2.24, 2.45) is 0 Å². The molecule has 0 aliphatic carbocycles. The van der Waals surface area contributed by atoms with E-state index in [9.17, 15) is 18.3 Å². The van der Waals surface area contributed by atoms with Crippen molar-refractivity contribution >= 4 is 0 Å². The number of nitrogens with zero attached hydrogens (tertiary/aromatic N) is 4. The standard InChI is InChI=1S/C19H17F3N4O/c20-19(21,22)14-5-3-4-13(10-14)11-25-9-7-15-16(12-25)24-26(18(15)27)17-6-1-2-8-23-17/h1-6,8,10,27H,7,9,11-12H2. The third-order valence-electron chi connectivity index (χ3n) is 4.62. The van der Waals surface area contributed by atoms with Crippen LogP contribution in [0, 0.1) is 0 Å². The van der Waals surface area contributed by atoms with E-state index < -0.39 is 11.7 Å². The van der Waals surface area contributed by atoms with Crippen LogP contribution in [-0.4, -0.2) is 31.3 Å². The molecule has 0 radical (unpaired) electrons. The lowest BCUT2D eigenvalue weighted by molar-refractivity contribution is -0.137. The summed E-state index contributed by atoms with van der Waals surface area (Å²) in [6.45, 7) is 1.48. The lowest BCUT2D eigenvalue weighted by Crippen LogP contribution is -2.30. The predicted molar refractivity (Wildman–Crippen MR) is 92.3 cm³/mol. The Balaban J connectivity index is 1.54. The summed E-state index contributed by atoms with van der Waals surface area (Å²) < 4.78 is 40.1. The lowest BCUT2D eigenvalue weighted by Gasteiger charge is -2.26. The first-order valence-corrected chi connectivity index (χ1v) is 8.51. The molecule has 0 bridgehead atoms. The number of rotatable bonds is 3. The van der Waals surface area contributed by atoms with E-state index in [1.54, 1.807) is 24.4 Å². The molecule has 1 N–H and O–H groups in total. The Morgan fingerprint density at radius 2 is 1.96 bits per heavy atom. The highest BCUT2D eigenvalue weighted by molar-refractivity contribution is 5.38. The number of alkyl halides is 3. The van der Waals surface area contributed by atoms with Crippen LogP contribution < -0.4 is 0 Å². The highest BCUT2D eigenvalue weighted by Gasteiger charge is 2.31. The average molecular weight is 374 g/mol. The highest BCUT2D eigenvalue weighted by Crippen LogP contribution is 2.31. The van der Waals surface area contributed by atoms with Crippen LogP contribution in [0.2, 0.25) is 0 Å². The van der Waals surface area contributed by atoms with Gasteiger partial charge in [0.05, 0.1) is 11.3 Å². The minimum Gasteiger partial charge on any atom is -0.493 e. The van der Waals surface area contributed by atoms with E-state index >= 15 is 0 Å². The summed E-state index contributed by atoms with van der Waals surface area (Å²) >= 11 is 0. The SMILES string of the molecule is Oc1c2c(nn1-c1ccccn1)CN(Cc1cccc(C(F)(F)F)c1)CC2. The Kier molecular flexibility index (Phi) is 4.35. The fourth-order valence-electron chi connectivity index (χ4n) is 3.31. The molecule has 0 saturated heterocycles. The fraction of sp³-hybridized carbons (Fsp3) is 0.263. The van der Waals surface area contributed by atoms with E-state index in [1.807, 2.05) is 11.0 Å². The van der Waals surface area contributed by atoms with E-state index in [0.717, 1.165) is 17.3 Å². The Bertz CT molecular complexity index is 953. The normalized spacial score (nSPS) is 14.9. The van der Waals surface area contributed by atoms with E-state index in [4.69, 9.17) is 0 Å². The van der Waals surface area contributed by atoms with Gasteiger partial charge in [-0.3, -0.25) is 4.90 Å². The summed E-state index contributed by atoms with van der Waals surface area (Å²) in [6.07, 6.45) is -2.15. The maximum Gasteiger partial charge on any atom is 0.416 e. The predicted octanol–water partition coefficient (Wildman–Crippen LogP) is 3.55. The maximum atomic E-state index is 12.9.